The van der Waals surface area contributed by atoms with E-state index in [9.17, 15) is 0 Å². The Morgan fingerprint density at radius 1 is 1.64 bits per heavy atom. The summed E-state index contributed by atoms with van der Waals surface area (Å²) in [5.41, 5.74) is 0.601. The predicted octanol–water partition coefficient (Wildman–Crippen LogP) is 2.82. The van der Waals surface area contributed by atoms with Crippen LogP contribution in [0.2, 0.25) is 0 Å². The van der Waals surface area contributed by atoms with Gasteiger partial charge in [-0.25, -0.2) is 0 Å². The van der Waals surface area contributed by atoms with Crippen LogP contribution in [0.5, 0.6) is 0 Å². The smallest absolute Gasteiger partial charge is 0.0149 e. The minimum absolute atomic E-state index is 0.601. The van der Waals surface area contributed by atoms with E-state index in [0.29, 0.717) is 11.5 Å². The second kappa shape index (κ2) is 3.81. The quantitative estimate of drug-likeness (QED) is 0.644. The van der Waals surface area contributed by atoms with E-state index in [1.54, 1.807) is 0 Å². The van der Waals surface area contributed by atoms with Crippen LogP contribution in [0.25, 0.3) is 0 Å². The molecule has 0 aromatic rings. The Bertz CT molecular complexity index is 123. The largest absolute Gasteiger partial charge is 0.261 e. The standard InChI is InChI=1S/C9H19NS/c1-4-5-9(3)6-8(2)10-11-7-9/h8,10H,4-7H2,1-3H3. The van der Waals surface area contributed by atoms with Crippen LogP contribution in [-0.2, 0) is 0 Å². The lowest BCUT2D eigenvalue weighted by molar-refractivity contribution is 0.275. The molecule has 1 nitrogen and oxygen atoms in total. The van der Waals surface area contributed by atoms with Gasteiger partial charge in [-0.3, -0.25) is 4.72 Å². The average molecular weight is 173 g/mol. The van der Waals surface area contributed by atoms with Crippen LogP contribution < -0.4 is 4.72 Å². The third-order valence-electron chi connectivity index (χ3n) is 2.36. The summed E-state index contributed by atoms with van der Waals surface area (Å²) in [6.45, 7) is 6.98. The molecule has 1 fully saturated rings. The molecule has 0 amide bonds. The molecule has 2 atom stereocenters. The first-order valence-electron chi connectivity index (χ1n) is 4.53. The summed E-state index contributed by atoms with van der Waals surface area (Å²) in [7, 11) is 0. The van der Waals surface area contributed by atoms with Gasteiger partial charge in [-0.15, -0.1) is 0 Å². The van der Waals surface area contributed by atoms with Crippen molar-refractivity contribution in [3.05, 3.63) is 0 Å². The normalized spacial score (nSPS) is 39.0. The molecule has 2 heteroatoms. The van der Waals surface area contributed by atoms with Gasteiger partial charge in [0.1, 0.15) is 0 Å². The van der Waals surface area contributed by atoms with Crippen LogP contribution in [0.15, 0.2) is 0 Å². The van der Waals surface area contributed by atoms with Gasteiger partial charge in [0.25, 0.3) is 0 Å². The fraction of sp³-hybridized carbons (Fsp3) is 1.00. The SMILES string of the molecule is CCCC1(C)CSNC(C)C1. The van der Waals surface area contributed by atoms with Crippen molar-refractivity contribution in [3.8, 4) is 0 Å². The van der Waals surface area contributed by atoms with Crippen molar-refractivity contribution in [1.82, 2.24) is 4.72 Å². The number of rotatable bonds is 2. The lowest BCUT2D eigenvalue weighted by Gasteiger charge is -2.36. The minimum atomic E-state index is 0.601. The van der Waals surface area contributed by atoms with Gasteiger partial charge in [0, 0.05) is 11.8 Å². The molecule has 0 saturated carbocycles. The highest BCUT2D eigenvalue weighted by atomic mass is 32.2. The summed E-state index contributed by atoms with van der Waals surface area (Å²) in [5.74, 6) is 1.28. The van der Waals surface area contributed by atoms with Gasteiger partial charge < -0.3 is 0 Å². The fourth-order valence-corrected chi connectivity index (χ4v) is 3.04. The van der Waals surface area contributed by atoms with Gasteiger partial charge in [-0.2, -0.15) is 0 Å². The highest BCUT2D eigenvalue weighted by Gasteiger charge is 2.29. The Morgan fingerprint density at radius 3 is 2.91 bits per heavy atom. The van der Waals surface area contributed by atoms with Crippen molar-refractivity contribution < 1.29 is 0 Å². The molecule has 11 heavy (non-hydrogen) atoms. The van der Waals surface area contributed by atoms with Crippen molar-refractivity contribution in [2.75, 3.05) is 5.75 Å². The van der Waals surface area contributed by atoms with Crippen LogP contribution in [0.1, 0.15) is 40.0 Å². The Balaban J connectivity index is 2.41. The first-order valence-corrected chi connectivity index (χ1v) is 5.52. The van der Waals surface area contributed by atoms with Crippen molar-refractivity contribution in [2.24, 2.45) is 5.41 Å². The molecule has 0 aromatic heterocycles. The van der Waals surface area contributed by atoms with Crippen LogP contribution in [0.4, 0.5) is 0 Å². The van der Waals surface area contributed by atoms with Crippen molar-refractivity contribution in [1.29, 1.82) is 0 Å². The molecule has 0 bridgehead atoms. The second-order valence-electron chi connectivity index (χ2n) is 4.07. The summed E-state index contributed by atoms with van der Waals surface area (Å²) in [5, 5.41) is 0. The molecule has 1 heterocycles. The van der Waals surface area contributed by atoms with Crippen molar-refractivity contribution in [3.63, 3.8) is 0 Å². The van der Waals surface area contributed by atoms with Crippen molar-refractivity contribution in [2.45, 2.75) is 46.1 Å². The maximum Gasteiger partial charge on any atom is 0.0149 e. The Morgan fingerprint density at radius 2 is 2.36 bits per heavy atom. The molecule has 1 aliphatic rings. The lowest BCUT2D eigenvalue weighted by Crippen LogP contribution is -2.37. The molecule has 0 radical (unpaired) electrons. The first-order chi connectivity index (χ1) is 5.16. The molecule has 2 unspecified atom stereocenters. The summed E-state index contributed by atoms with van der Waals surface area (Å²) < 4.78 is 3.41. The van der Waals surface area contributed by atoms with E-state index >= 15 is 0 Å². The Hall–Kier alpha value is 0.310. The topological polar surface area (TPSA) is 12.0 Å². The van der Waals surface area contributed by atoms with E-state index < -0.39 is 0 Å². The molecule has 1 N–H and O–H groups in total. The Labute approximate surface area is 74.5 Å². The summed E-state index contributed by atoms with van der Waals surface area (Å²) in [6.07, 6.45) is 4.05. The maximum atomic E-state index is 3.41. The fourth-order valence-electron chi connectivity index (χ4n) is 1.98. The maximum absolute atomic E-state index is 3.41. The van der Waals surface area contributed by atoms with E-state index in [1.807, 2.05) is 11.9 Å². The average Bonchev–Trinajstić information content (AvgIpc) is 1.86. The zero-order valence-electron chi connectivity index (χ0n) is 7.81. The number of hydrogen-bond donors (Lipinski definition) is 1. The third-order valence-corrected chi connectivity index (χ3v) is 3.77. The highest BCUT2D eigenvalue weighted by Crippen LogP contribution is 2.35. The van der Waals surface area contributed by atoms with Gasteiger partial charge in [0.15, 0.2) is 0 Å². The molecular formula is C9H19NS. The molecule has 0 aromatic carbocycles. The zero-order chi connectivity index (χ0) is 8.32. The third kappa shape index (κ3) is 2.68. The molecule has 0 spiro atoms. The summed E-state index contributed by atoms with van der Waals surface area (Å²) in [4.78, 5) is 0. The molecule has 0 aliphatic carbocycles. The van der Waals surface area contributed by atoms with Crippen molar-refractivity contribution >= 4 is 11.9 Å². The van der Waals surface area contributed by atoms with E-state index in [4.69, 9.17) is 0 Å². The number of hydrogen-bond acceptors (Lipinski definition) is 2. The molecule has 1 aliphatic heterocycles. The van der Waals surface area contributed by atoms with E-state index in [2.05, 4.69) is 25.5 Å². The first kappa shape index (κ1) is 9.40. The molecule has 66 valence electrons. The highest BCUT2D eigenvalue weighted by molar-refractivity contribution is 7.97. The van der Waals surface area contributed by atoms with Gasteiger partial charge >= 0.3 is 0 Å². The number of nitrogens with one attached hydrogen (secondary N) is 1. The second-order valence-corrected chi connectivity index (χ2v) is 4.89. The zero-order valence-corrected chi connectivity index (χ0v) is 8.63. The van der Waals surface area contributed by atoms with Crippen LogP contribution in [0, 0.1) is 5.41 Å². The monoisotopic (exact) mass is 173 g/mol. The van der Waals surface area contributed by atoms with Crippen LogP contribution >= 0.6 is 11.9 Å². The predicted molar refractivity (Wildman–Crippen MR) is 52.7 cm³/mol. The van der Waals surface area contributed by atoms with E-state index in [0.717, 1.165) is 0 Å². The van der Waals surface area contributed by atoms with Crippen LogP contribution in [0.3, 0.4) is 0 Å². The Kier molecular flexibility index (Phi) is 3.26. The van der Waals surface area contributed by atoms with Gasteiger partial charge in [0.05, 0.1) is 0 Å². The van der Waals surface area contributed by atoms with Crippen LogP contribution in [-0.4, -0.2) is 11.8 Å². The summed E-state index contributed by atoms with van der Waals surface area (Å²) in [6, 6.07) is 0.699. The van der Waals surface area contributed by atoms with E-state index in [-0.39, 0.29) is 0 Å². The molecular weight excluding hydrogens is 154 g/mol. The summed E-state index contributed by atoms with van der Waals surface area (Å²) >= 11 is 1.90. The van der Waals surface area contributed by atoms with E-state index in [1.165, 1.54) is 25.0 Å². The van der Waals surface area contributed by atoms with Gasteiger partial charge in [-0.05, 0) is 25.2 Å². The van der Waals surface area contributed by atoms with Gasteiger partial charge in [0.2, 0.25) is 0 Å². The van der Waals surface area contributed by atoms with Gasteiger partial charge in [-0.1, -0.05) is 32.2 Å². The lowest BCUT2D eigenvalue weighted by atomic mass is 9.82. The minimum Gasteiger partial charge on any atom is -0.261 e. The molecule has 1 saturated heterocycles. The molecule has 1 rings (SSSR count).